The van der Waals surface area contributed by atoms with Crippen LogP contribution in [0.15, 0.2) is 0 Å². The number of nitrogens with two attached hydrogens (primary N) is 1. The Labute approximate surface area is 97.3 Å². The van der Waals surface area contributed by atoms with Gasteiger partial charge in [0.2, 0.25) is 5.91 Å². The summed E-state index contributed by atoms with van der Waals surface area (Å²) in [6.07, 6.45) is 0.403. The van der Waals surface area contributed by atoms with Gasteiger partial charge in [-0.05, 0) is 13.8 Å². The fourth-order valence-electron chi connectivity index (χ4n) is 1.88. The second kappa shape index (κ2) is 6.83. The van der Waals surface area contributed by atoms with Crippen LogP contribution in [0.3, 0.4) is 0 Å². The van der Waals surface area contributed by atoms with Gasteiger partial charge in [-0.3, -0.25) is 9.69 Å². The highest BCUT2D eigenvalue weighted by atomic mass is 16.5. The molecule has 1 amide bonds. The normalized spacial score (nSPS) is 21.4. The highest BCUT2D eigenvalue weighted by Crippen LogP contribution is 2.07. The van der Waals surface area contributed by atoms with Gasteiger partial charge in [-0.2, -0.15) is 0 Å². The molecule has 0 bridgehead atoms. The second-order valence-electron chi connectivity index (χ2n) is 4.28. The Hall–Kier alpha value is -0.650. The first-order valence-electron chi connectivity index (χ1n) is 5.96. The molecule has 0 spiro atoms. The lowest BCUT2D eigenvalue weighted by Gasteiger charge is -2.35. The van der Waals surface area contributed by atoms with Gasteiger partial charge in [0.1, 0.15) is 0 Å². The van der Waals surface area contributed by atoms with Gasteiger partial charge in [0.15, 0.2) is 0 Å². The number of amides is 1. The van der Waals surface area contributed by atoms with Crippen molar-refractivity contribution in [1.82, 2.24) is 10.2 Å². The summed E-state index contributed by atoms with van der Waals surface area (Å²) in [5.74, 6) is 0.0371. The molecular formula is C11H23N3O2. The van der Waals surface area contributed by atoms with Crippen LogP contribution in [0.4, 0.5) is 0 Å². The molecule has 0 aromatic heterocycles. The number of rotatable bonds is 5. The van der Waals surface area contributed by atoms with E-state index in [2.05, 4.69) is 17.1 Å². The first kappa shape index (κ1) is 13.4. The van der Waals surface area contributed by atoms with Crippen molar-refractivity contribution in [3.05, 3.63) is 0 Å². The van der Waals surface area contributed by atoms with E-state index in [1.165, 1.54) is 0 Å². The predicted octanol–water partition coefficient (Wildman–Crippen LogP) is -0.439. The molecule has 0 aromatic rings. The molecule has 1 heterocycles. The van der Waals surface area contributed by atoms with E-state index < -0.39 is 0 Å². The maximum absolute atomic E-state index is 11.4. The molecule has 1 rings (SSSR count). The summed E-state index contributed by atoms with van der Waals surface area (Å²) in [4.78, 5) is 13.8. The van der Waals surface area contributed by atoms with Gasteiger partial charge in [0.25, 0.3) is 0 Å². The van der Waals surface area contributed by atoms with Crippen LogP contribution in [0.5, 0.6) is 0 Å². The Balaban J connectivity index is 2.33. The van der Waals surface area contributed by atoms with Crippen molar-refractivity contribution in [1.29, 1.82) is 0 Å². The summed E-state index contributed by atoms with van der Waals surface area (Å²) in [6, 6.07) is 0.489. The average molecular weight is 229 g/mol. The molecule has 1 fully saturated rings. The van der Waals surface area contributed by atoms with Crippen molar-refractivity contribution in [3.8, 4) is 0 Å². The number of carbonyl (C=O) groups excluding carboxylic acids is 1. The molecule has 1 saturated heterocycles. The van der Waals surface area contributed by atoms with Gasteiger partial charge < -0.3 is 15.8 Å². The maximum atomic E-state index is 11.4. The first-order chi connectivity index (χ1) is 7.65. The van der Waals surface area contributed by atoms with Crippen LogP contribution in [0.1, 0.15) is 20.3 Å². The van der Waals surface area contributed by atoms with Crippen molar-refractivity contribution in [2.75, 3.05) is 32.8 Å². The monoisotopic (exact) mass is 229 g/mol. The number of ether oxygens (including phenoxy) is 1. The minimum Gasteiger partial charge on any atom is -0.379 e. The zero-order valence-electron chi connectivity index (χ0n) is 10.2. The number of morpholine rings is 1. The van der Waals surface area contributed by atoms with E-state index in [4.69, 9.17) is 10.5 Å². The van der Waals surface area contributed by atoms with E-state index in [-0.39, 0.29) is 11.9 Å². The van der Waals surface area contributed by atoms with E-state index in [1.54, 1.807) is 0 Å². The fraction of sp³-hybridized carbons (Fsp3) is 0.909. The van der Waals surface area contributed by atoms with Gasteiger partial charge in [-0.15, -0.1) is 0 Å². The molecular weight excluding hydrogens is 206 g/mol. The summed E-state index contributed by atoms with van der Waals surface area (Å²) in [5, 5.41) is 2.98. The third-order valence-electron chi connectivity index (χ3n) is 3.11. The van der Waals surface area contributed by atoms with Gasteiger partial charge in [0, 0.05) is 38.1 Å². The Kier molecular flexibility index (Phi) is 5.73. The van der Waals surface area contributed by atoms with Crippen molar-refractivity contribution in [2.24, 2.45) is 5.73 Å². The van der Waals surface area contributed by atoms with Crippen LogP contribution in [0.2, 0.25) is 0 Å². The minimum absolute atomic E-state index is 0.0371. The van der Waals surface area contributed by atoms with Crippen molar-refractivity contribution in [2.45, 2.75) is 32.4 Å². The molecule has 0 radical (unpaired) electrons. The first-order valence-corrected chi connectivity index (χ1v) is 5.96. The third-order valence-corrected chi connectivity index (χ3v) is 3.11. The van der Waals surface area contributed by atoms with Crippen molar-refractivity contribution >= 4 is 5.91 Å². The summed E-state index contributed by atoms with van der Waals surface area (Å²) >= 11 is 0. The summed E-state index contributed by atoms with van der Waals surface area (Å²) in [6.45, 7) is 8.04. The quantitative estimate of drug-likeness (QED) is 0.671. The van der Waals surface area contributed by atoms with E-state index in [9.17, 15) is 4.79 Å². The van der Waals surface area contributed by atoms with E-state index in [1.807, 2.05) is 6.92 Å². The molecule has 16 heavy (non-hydrogen) atoms. The van der Waals surface area contributed by atoms with Gasteiger partial charge in [-0.1, -0.05) is 0 Å². The van der Waals surface area contributed by atoms with Crippen LogP contribution in [0, 0.1) is 0 Å². The van der Waals surface area contributed by atoms with Crippen molar-refractivity contribution < 1.29 is 9.53 Å². The van der Waals surface area contributed by atoms with E-state index in [0.717, 1.165) is 26.3 Å². The molecule has 5 nitrogen and oxygen atoms in total. The third kappa shape index (κ3) is 4.08. The molecule has 94 valence electrons. The molecule has 5 heteroatoms. The molecule has 0 saturated carbocycles. The zero-order valence-corrected chi connectivity index (χ0v) is 10.2. The topological polar surface area (TPSA) is 67.6 Å². The lowest BCUT2D eigenvalue weighted by Crippen LogP contribution is -2.52. The lowest BCUT2D eigenvalue weighted by molar-refractivity contribution is -0.122. The van der Waals surface area contributed by atoms with Crippen molar-refractivity contribution in [3.63, 3.8) is 0 Å². The van der Waals surface area contributed by atoms with Gasteiger partial charge >= 0.3 is 0 Å². The summed E-state index contributed by atoms with van der Waals surface area (Å²) in [7, 11) is 0. The highest BCUT2D eigenvalue weighted by Gasteiger charge is 2.22. The molecule has 0 aliphatic carbocycles. The van der Waals surface area contributed by atoms with Crippen LogP contribution in [-0.2, 0) is 9.53 Å². The summed E-state index contributed by atoms with van der Waals surface area (Å²) < 4.78 is 5.30. The number of hydrogen-bond acceptors (Lipinski definition) is 4. The molecule has 2 atom stereocenters. The Morgan fingerprint density at radius 1 is 1.44 bits per heavy atom. The Morgan fingerprint density at radius 3 is 2.62 bits per heavy atom. The Morgan fingerprint density at radius 2 is 2.06 bits per heavy atom. The molecule has 0 aromatic carbocycles. The van der Waals surface area contributed by atoms with Crippen LogP contribution < -0.4 is 11.1 Å². The average Bonchev–Trinajstić information content (AvgIpc) is 2.29. The second-order valence-corrected chi connectivity index (χ2v) is 4.28. The predicted molar refractivity (Wildman–Crippen MR) is 63.1 cm³/mol. The molecule has 3 N–H and O–H groups in total. The van der Waals surface area contributed by atoms with Crippen LogP contribution in [-0.4, -0.2) is 55.7 Å². The SMILES string of the molecule is CC(NC(=O)CCN)C(C)N1CCOCC1. The fourth-order valence-corrected chi connectivity index (χ4v) is 1.88. The smallest absolute Gasteiger partial charge is 0.221 e. The zero-order chi connectivity index (χ0) is 12.0. The lowest BCUT2D eigenvalue weighted by atomic mass is 10.1. The van der Waals surface area contributed by atoms with E-state index in [0.29, 0.717) is 19.0 Å². The largest absolute Gasteiger partial charge is 0.379 e. The van der Waals surface area contributed by atoms with Crippen LogP contribution >= 0.6 is 0 Å². The maximum Gasteiger partial charge on any atom is 0.221 e. The van der Waals surface area contributed by atoms with Gasteiger partial charge in [0.05, 0.1) is 13.2 Å². The Bertz CT molecular complexity index is 217. The number of hydrogen-bond donors (Lipinski definition) is 2. The minimum atomic E-state index is 0.0371. The summed E-state index contributed by atoms with van der Waals surface area (Å²) in [5.41, 5.74) is 5.34. The van der Waals surface area contributed by atoms with Crippen LogP contribution in [0.25, 0.3) is 0 Å². The van der Waals surface area contributed by atoms with Gasteiger partial charge in [-0.25, -0.2) is 0 Å². The number of nitrogens with one attached hydrogen (secondary N) is 1. The highest BCUT2D eigenvalue weighted by molar-refractivity contribution is 5.76. The van der Waals surface area contributed by atoms with E-state index >= 15 is 0 Å². The molecule has 1 aliphatic rings. The number of nitrogens with zero attached hydrogens (tertiary/aromatic N) is 1. The standard InChI is InChI=1S/C11H23N3O2/c1-9(13-11(15)3-4-12)10(2)14-5-7-16-8-6-14/h9-10H,3-8,12H2,1-2H3,(H,13,15). The molecule has 1 aliphatic heterocycles. The molecule has 2 unspecified atom stereocenters. The number of carbonyl (C=O) groups is 1.